The molecule has 0 spiro atoms. The first-order valence-corrected chi connectivity index (χ1v) is 3.35. The second-order valence-corrected chi connectivity index (χ2v) is 2.29. The summed E-state index contributed by atoms with van der Waals surface area (Å²) in [5.74, 6) is 5.76. The first-order valence-electron chi connectivity index (χ1n) is 3.35. The molecule has 0 fully saturated rings. The number of nitrogens with one attached hydrogen (secondary N) is 1. The molecule has 1 aromatic carbocycles. The van der Waals surface area contributed by atoms with E-state index in [2.05, 4.69) is 5.43 Å². The molecule has 0 saturated carbocycles. The number of furan rings is 1. The van der Waals surface area contributed by atoms with Gasteiger partial charge in [-0.3, -0.25) is 5.43 Å². The van der Waals surface area contributed by atoms with Crippen LogP contribution in [0.25, 0.3) is 11.0 Å². The van der Waals surface area contributed by atoms with Gasteiger partial charge in [0.25, 0.3) is 0 Å². The Morgan fingerprint density at radius 3 is 2.82 bits per heavy atom. The third-order valence-corrected chi connectivity index (χ3v) is 1.57. The minimum atomic E-state index is 0.589. The summed E-state index contributed by atoms with van der Waals surface area (Å²) < 4.78 is 5.28. The van der Waals surface area contributed by atoms with Crippen LogP contribution in [0.15, 0.2) is 34.7 Å². The van der Waals surface area contributed by atoms with Gasteiger partial charge in [-0.15, -0.1) is 0 Å². The minimum absolute atomic E-state index is 0.589. The van der Waals surface area contributed by atoms with Gasteiger partial charge in [0.15, 0.2) is 0 Å². The van der Waals surface area contributed by atoms with Crippen LogP contribution in [-0.4, -0.2) is 0 Å². The SMILES string of the molecule is NNc1cc2ccccc2o1. The summed E-state index contributed by atoms with van der Waals surface area (Å²) in [6.07, 6.45) is 0. The van der Waals surface area contributed by atoms with Crippen LogP contribution in [0.3, 0.4) is 0 Å². The first-order chi connectivity index (χ1) is 5.40. The lowest BCUT2D eigenvalue weighted by Gasteiger charge is -1.87. The van der Waals surface area contributed by atoms with Crippen molar-refractivity contribution in [2.24, 2.45) is 5.84 Å². The van der Waals surface area contributed by atoms with Gasteiger partial charge in [0.05, 0.1) is 0 Å². The number of hydrazine groups is 1. The fraction of sp³-hybridized carbons (Fsp3) is 0. The van der Waals surface area contributed by atoms with Crippen molar-refractivity contribution >= 4 is 16.9 Å². The zero-order chi connectivity index (χ0) is 7.68. The van der Waals surface area contributed by atoms with Crippen LogP contribution in [0.2, 0.25) is 0 Å². The Hall–Kier alpha value is -1.48. The minimum Gasteiger partial charge on any atom is -0.439 e. The number of nitrogen functional groups attached to an aromatic ring is 1. The molecular weight excluding hydrogens is 140 g/mol. The molecule has 11 heavy (non-hydrogen) atoms. The van der Waals surface area contributed by atoms with Gasteiger partial charge in [-0.1, -0.05) is 18.2 Å². The van der Waals surface area contributed by atoms with E-state index in [1.165, 1.54) is 0 Å². The number of rotatable bonds is 1. The molecule has 3 nitrogen and oxygen atoms in total. The zero-order valence-electron chi connectivity index (χ0n) is 5.87. The number of anilines is 1. The van der Waals surface area contributed by atoms with Gasteiger partial charge in [0, 0.05) is 11.5 Å². The highest BCUT2D eigenvalue weighted by Gasteiger charge is 1.98. The quantitative estimate of drug-likeness (QED) is 0.478. The van der Waals surface area contributed by atoms with Crippen molar-refractivity contribution in [2.75, 3.05) is 5.43 Å². The van der Waals surface area contributed by atoms with E-state index < -0.39 is 0 Å². The molecule has 2 aromatic rings. The average Bonchev–Trinajstić information content (AvgIpc) is 2.46. The van der Waals surface area contributed by atoms with Gasteiger partial charge in [-0.25, -0.2) is 5.84 Å². The Kier molecular flexibility index (Phi) is 1.30. The predicted octanol–water partition coefficient (Wildman–Crippen LogP) is 1.72. The Bertz CT molecular complexity index is 334. The molecule has 0 bridgehead atoms. The number of para-hydroxylation sites is 1. The topological polar surface area (TPSA) is 51.2 Å². The summed E-state index contributed by atoms with van der Waals surface area (Å²) in [5.41, 5.74) is 3.30. The second-order valence-electron chi connectivity index (χ2n) is 2.29. The Morgan fingerprint density at radius 2 is 2.09 bits per heavy atom. The van der Waals surface area contributed by atoms with Crippen molar-refractivity contribution in [2.45, 2.75) is 0 Å². The summed E-state index contributed by atoms with van der Waals surface area (Å²) in [6, 6.07) is 9.61. The number of hydrogen-bond acceptors (Lipinski definition) is 3. The standard InChI is InChI=1S/C8H8N2O/c9-10-8-5-6-3-1-2-4-7(6)11-8/h1-5,10H,9H2. The molecule has 0 saturated heterocycles. The van der Waals surface area contributed by atoms with E-state index in [-0.39, 0.29) is 0 Å². The summed E-state index contributed by atoms with van der Waals surface area (Å²) in [4.78, 5) is 0. The van der Waals surface area contributed by atoms with Crippen LogP contribution < -0.4 is 11.3 Å². The fourth-order valence-electron chi connectivity index (χ4n) is 1.05. The van der Waals surface area contributed by atoms with Gasteiger partial charge in [0.2, 0.25) is 5.88 Å². The van der Waals surface area contributed by atoms with E-state index in [1.54, 1.807) is 0 Å². The Morgan fingerprint density at radius 1 is 1.27 bits per heavy atom. The van der Waals surface area contributed by atoms with Gasteiger partial charge < -0.3 is 4.42 Å². The second kappa shape index (κ2) is 2.29. The summed E-state index contributed by atoms with van der Waals surface area (Å²) in [6.45, 7) is 0. The molecule has 0 amide bonds. The van der Waals surface area contributed by atoms with Crippen LogP contribution in [0, 0.1) is 0 Å². The zero-order valence-corrected chi connectivity index (χ0v) is 5.87. The van der Waals surface area contributed by atoms with Crippen LogP contribution in [-0.2, 0) is 0 Å². The van der Waals surface area contributed by atoms with E-state index in [9.17, 15) is 0 Å². The number of hydrogen-bond donors (Lipinski definition) is 2. The average molecular weight is 148 g/mol. The third-order valence-electron chi connectivity index (χ3n) is 1.57. The molecule has 56 valence electrons. The van der Waals surface area contributed by atoms with Crippen molar-refractivity contribution in [1.29, 1.82) is 0 Å². The highest BCUT2D eigenvalue weighted by molar-refractivity contribution is 5.80. The molecule has 0 aliphatic carbocycles. The smallest absolute Gasteiger partial charge is 0.208 e. The molecule has 0 radical (unpaired) electrons. The molecular formula is C8H8N2O. The molecule has 0 aliphatic heterocycles. The Balaban J connectivity index is 2.69. The summed E-state index contributed by atoms with van der Waals surface area (Å²) >= 11 is 0. The van der Waals surface area contributed by atoms with Gasteiger partial charge in [-0.2, -0.15) is 0 Å². The Labute approximate surface area is 63.8 Å². The van der Waals surface area contributed by atoms with Crippen molar-refractivity contribution in [1.82, 2.24) is 0 Å². The van der Waals surface area contributed by atoms with Crippen LogP contribution >= 0.6 is 0 Å². The van der Waals surface area contributed by atoms with E-state index >= 15 is 0 Å². The lowest BCUT2D eigenvalue weighted by atomic mass is 10.3. The lowest BCUT2D eigenvalue weighted by Crippen LogP contribution is -2.04. The monoisotopic (exact) mass is 148 g/mol. The molecule has 1 aromatic heterocycles. The number of nitrogens with two attached hydrogens (primary N) is 1. The maximum Gasteiger partial charge on any atom is 0.208 e. The largest absolute Gasteiger partial charge is 0.439 e. The third kappa shape index (κ3) is 0.951. The maximum atomic E-state index is 5.28. The van der Waals surface area contributed by atoms with Gasteiger partial charge in [0.1, 0.15) is 5.58 Å². The lowest BCUT2D eigenvalue weighted by molar-refractivity contribution is 0.628. The molecule has 2 rings (SSSR count). The predicted molar refractivity (Wildman–Crippen MR) is 44.0 cm³/mol. The number of benzene rings is 1. The molecule has 0 aliphatic rings. The van der Waals surface area contributed by atoms with Crippen molar-refractivity contribution < 1.29 is 4.42 Å². The van der Waals surface area contributed by atoms with E-state index in [0.29, 0.717) is 5.88 Å². The molecule has 0 atom stereocenters. The molecule has 3 N–H and O–H groups in total. The van der Waals surface area contributed by atoms with Gasteiger partial charge in [-0.05, 0) is 6.07 Å². The number of fused-ring (bicyclic) bond motifs is 1. The molecule has 3 heteroatoms. The normalized spacial score (nSPS) is 10.3. The van der Waals surface area contributed by atoms with E-state index in [0.717, 1.165) is 11.0 Å². The van der Waals surface area contributed by atoms with Gasteiger partial charge >= 0.3 is 0 Å². The van der Waals surface area contributed by atoms with Crippen molar-refractivity contribution in [3.8, 4) is 0 Å². The van der Waals surface area contributed by atoms with Crippen LogP contribution in [0.4, 0.5) is 5.88 Å². The highest BCUT2D eigenvalue weighted by Crippen LogP contribution is 2.21. The summed E-state index contributed by atoms with van der Waals surface area (Å²) in [5, 5.41) is 1.06. The van der Waals surface area contributed by atoms with Crippen molar-refractivity contribution in [3.63, 3.8) is 0 Å². The van der Waals surface area contributed by atoms with E-state index in [4.69, 9.17) is 10.3 Å². The fourth-order valence-corrected chi connectivity index (χ4v) is 1.05. The van der Waals surface area contributed by atoms with Crippen LogP contribution in [0.5, 0.6) is 0 Å². The molecule has 0 unspecified atom stereocenters. The maximum absolute atomic E-state index is 5.28. The molecule has 1 heterocycles. The highest BCUT2D eigenvalue weighted by atomic mass is 16.4. The first kappa shape index (κ1) is 6.24. The van der Waals surface area contributed by atoms with E-state index in [1.807, 2.05) is 30.3 Å². The van der Waals surface area contributed by atoms with Crippen molar-refractivity contribution in [3.05, 3.63) is 30.3 Å². The van der Waals surface area contributed by atoms with Crippen LogP contribution in [0.1, 0.15) is 0 Å². The summed E-state index contributed by atoms with van der Waals surface area (Å²) in [7, 11) is 0.